The SMILES string of the molecule is CC/C=C\CC1OC1C/C=C\C/C=C\C/C=C\C/C=C\CCC(=O)OC[C@H](COP(=O)(O)O)OC(=O)CCCCCCCCCCCCCCCCC(C)C. The Morgan fingerprint density at radius 3 is 1.60 bits per heavy atom. The molecule has 2 N–H and O–H groups in total. The Bertz CT molecular complexity index is 1150. The van der Waals surface area contributed by atoms with E-state index in [2.05, 4.69) is 73.9 Å². The molecule has 0 saturated carbocycles. The van der Waals surface area contributed by atoms with E-state index in [1.54, 1.807) is 0 Å². The maximum absolute atomic E-state index is 12.4. The van der Waals surface area contributed by atoms with Gasteiger partial charge in [0.15, 0.2) is 6.10 Å². The molecule has 9 nitrogen and oxygen atoms in total. The van der Waals surface area contributed by atoms with Crippen molar-refractivity contribution in [3.05, 3.63) is 60.8 Å². The standard InChI is InChI=1S/C45H77O9P/c1-4-5-28-34-42-43(54-42)35-30-25-21-17-13-10-11-14-18-22-26-31-36-44(46)51-38-41(39-52-55(48,49)50)53-45(47)37-32-27-23-19-15-9-7-6-8-12-16-20-24-29-33-40(2)3/h5,11,13-14,17,22,25-26,28,30,40-43H,4,6-10,12,15-16,18-21,23-24,27,29,31-39H2,1-3H3,(H2,48,49,50)/b14-11-,17-13-,26-22-,28-5-,30-25-/t41-,42?,43?/m1/s1. The number of unbranched alkanes of at least 4 members (excludes halogenated alkanes) is 13. The number of allylic oxidation sites excluding steroid dienone is 8. The van der Waals surface area contributed by atoms with Crippen molar-refractivity contribution in [3.8, 4) is 0 Å². The molecule has 2 unspecified atom stereocenters. The van der Waals surface area contributed by atoms with Gasteiger partial charge in [-0.1, -0.05) is 171 Å². The van der Waals surface area contributed by atoms with Crippen LogP contribution in [0.5, 0.6) is 0 Å². The van der Waals surface area contributed by atoms with E-state index >= 15 is 0 Å². The summed E-state index contributed by atoms with van der Waals surface area (Å²) in [5.41, 5.74) is 0. The highest BCUT2D eigenvalue weighted by Crippen LogP contribution is 2.36. The van der Waals surface area contributed by atoms with E-state index in [4.69, 9.17) is 24.0 Å². The van der Waals surface area contributed by atoms with Gasteiger partial charge < -0.3 is 24.0 Å². The Hall–Kier alpha value is -2.29. The lowest BCUT2D eigenvalue weighted by atomic mass is 10.0. The summed E-state index contributed by atoms with van der Waals surface area (Å²) in [6, 6.07) is 0. The summed E-state index contributed by atoms with van der Waals surface area (Å²) in [4.78, 5) is 42.9. The van der Waals surface area contributed by atoms with Crippen LogP contribution < -0.4 is 0 Å². The lowest BCUT2D eigenvalue weighted by Crippen LogP contribution is -2.29. The van der Waals surface area contributed by atoms with Gasteiger partial charge in [-0.3, -0.25) is 14.1 Å². The minimum atomic E-state index is -4.78. The average Bonchev–Trinajstić information content (AvgIpc) is 3.89. The molecule has 3 atom stereocenters. The van der Waals surface area contributed by atoms with Gasteiger partial charge in [0, 0.05) is 12.8 Å². The largest absolute Gasteiger partial charge is 0.469 e. The number of carbonyl (C=O) groups excluding carboxylic acids is 2. The molecule has 316 valence electrons. The molecule has 0 amide bonds. The van der Waals surface area contributed by atoms with Crippen molar-refractivity contribution in [2.24, 2.45) is 5.92 Å². The fourth-order valence-electron chi connectivity index (χ4n) is 6.10. The van der Waals surface area contributed by atoms with Crippen molar-refractivity contribution in [2.75, 3.05) is 13.2 Å². The molecule has 10 heteroatoms. The van der Waals surface area contributed by atoms with Gasteiger partial charge in [0.05, 0.1) is 18.8 Å². The van der Waals surface area contributed by atoms with Crippen LogP contribution in [0.1, 0.15) is 175 Å². The van der Waals surface area contributed by atoms with E-state index in [1.165, 1.54) is 70.6 Å². The number of phosphoric ester groups is 1. The number of epoxide rings is 1. The van der Waals surface area contributed by atoms with Crippen LogP contribution in [0.3, 0.4) is 0 Å². The van der Waals surface area contributed by atoms with Gasteiger partial charge in [0.2, 0.25) is 0 Å². The van der Waals surface area contributed by atoms with E-state index in [9.17, 15) is 14.2 Å². The van der Waals surface area contributed by atoms with Gasteiger partial charge >= 0.3 is 19.8 Å². The van der Waals surface area contributed by atoms with Gasteiger partial charge in [0.25, 0.3) is 0 Å². The van der Waals surface area contributed by atoms with E-state index < -0.39 is 32.5 Å². The zero-order valence-electron chi connectivity index (χ0n) is 34.7. The zero-order chi connectivity index (χ0) is 40.2. The number of hydrogen-bond donors (Lipinski definition) is 2. The van der Waals surface area contributed by atoms with Crippen LogP contribution in [-0.2, 0) is 32.9 Å². The summed E-state index contributed by atoms with van der Waals surface area (Å²) in [6.07, 6.45) is 45.7. The van der Waals surface area contributed by atoms with Crippen LogP contribution in [0.2, 0.25) is 0 Å². The van der Waals surface area contributed by atoms with Crippen molar-refractivity contribution in [1.82, 2.24) is 0 Å². The molecule has 55 heavy (non-hydrogen) atoms. The molecular formula is C45H77O9P. The monoisotopic (exact) mass is 793 g/mol. The number of esters is 2. The highest BCUT2D eigenvalue weighted by Gasteiger charge is 2.35. The maximum atomic E-state index is 12.4. The Kier molecular flexibility index (Phi) is 32.2. The van der Waals surface area contributed by atoms with Crippen LogP contribution in [0, 0.1) is 5.92 Å². The minimum absolute atomic E-state index is 0.137. The van der Waals surface area contributed by atoms with E-state index in [-0.39, 0.29) is 19.4 Å². The lowest BCUT2D eigenvalue weighted by Gasteiger charge is -2.18. The molecule has 1 aliphatic heterocycles. The Labute approximate surface area is 334 Å². The number of hydrogen-bond acceptors (Lipinski definition) is 7. The van der Waals surface area contributed by atoms with Gasteiger partial charge in [-0.2, -0.15) is 0 Å². The summed E-state index contributed by atoms with van der Waals surface area (Å²) in [6.45, 7) is 5.84. The number of rotatable bonds is 37. The number of carbonyl (C=O) groups is 2. The van der Waals surface area contributed by atoms with Crippen LogP contribution in [0.4, 0.5) is 0 Å². The van der Waals surface area contributed by atoms with Crippen LogP contribution >= 0.6 is 7.82 Å². The smallest absolute Gasteiger partial charge is 0.462 e. The first-order valence-corrected chi connectivity index (χ1v) is 23.1. The predicted molar refractivity (Wildman–Crippen MR) is 225 cm³/mol. The summed E-state index contributed by atoms with van der Waals surface area (Å²) in [5, 5.41) is 0. The normalized spacial score (nSPS) is 16.8. The minimum Gasteiger partial charge on any atom is -0.462 e. The molecule has 0 radical (unpaired) electrons. The third kappa shape index (κ3) is 35.8. The van der Waals surface area contributed by atoms with E-state index in [0.29, 0.717) is 25.0 Å². The Morgan fingerprint density at radius 2 is 1.09 bits per heavy atom. The maximum Gasteiger partial charge on any atom is 0.469 e. The topological polar surface area (TPSA) is 132 Å². The first-order chi connectivity index (χ1) is 26.6. The fraction of sp³-hybridized carbons (Fsp3) is 0.733. The molecule has 1 fully saturated rings. The third-order valence-corrected chi connectivity index (χ3v) is 9.88. The second-order valence-electron chi connectivity index (χ2n) is 15.2. The van der Waals surface area contributed by atoms with Gasteiger partial charge in [0.1, 0.15) is 6.61 Å². The van der Waals surface area contributed by atoms with Gasteiger partial charge in [-0.15, -0.1) is 0 Å². The summed E-state index contributed by atoms with van der Waals surface area (Å²) < 4.78 is 32.0. The molecule has 0 aromatic rings. The quantitative estimate of drug-likeness (QED) is 0.0207. The molecule has 1 saturated heterocycles. The second kappa shape index (κ2) is 34.9. The van der Waals surface area contributed by atoms with Crippen molar-refractivity contribution < 1.29 is 42.7 Å². The predicted octanol–water partition coefficient (Wildman–Crippen LogP) is 12.1. The Balaban J connectivity index is 2.09. The highest BCUT2D eigenvalue weighted by atomic mass is 31.2. The summed E-state index contributed by atoms with van der Waals surface area (Å²) in [7, 11) is -4.78. The summed E-state index contributed by atoms with van der Waals surface area (Å²) >= 11 is 0. The lowest BCUT2D eigenvalue weighted by molar-refractivity contribution is -0.161. The molecule has 1 aliphatic rings. The summed E-state index contributed by atoms with van der Waals surface area (Å²) in [5.74, 6) is -0.162. The molecule has 1 heterocycles. The van der Waals surface area contributed by atoms with Crippen LogP contribution in [-0.4, -0.2) is 53.3 Å². The van der Waals surface area contributed by atoms with Crippen LogP contribution in [0.25, 0.3) is 0 Å². The van der Waals surface area contributed by atoms with Crippen molar-refractivity contribution >= 4 is 19.8 Å². The Morgan fingerprint density at radius 1 is 0.618 bits per heavy atom. The molecule has 1 rings (SSSR count). The molecule has 0 aromatic heterocycles. The number of phosphoric acid groups is 1. The zero-order valence-corrected chi connectivity index (χ0v) is 35.6. The van der Waals surface area contributed by atoms with Crippen molar-refractivity contribution in [3.63, 3.8) is 0 Å². The molecule has 0 spiro atoms. The van der Waals surface area contributed by atoms with Crippen LogP contribution in [0.15, 0.2) is 60.8 Å². The molecule has 0 bridgehead atoms. The van der Waals surface area contributed by atoms with Gasteiger partial charge in [-0.25, -0.2) is 4.57 Å². The van der Waals surface area contributed by atoms with E-state index in [0.717, 1.165) is 63.7 Å². The fourth-order valence-corrected chi connectivity index (χ4v) is 6.46. The van der Waals surface area contributed by atoms with Crippen molar-refractivity contribution in [1.29, 1.82) is 0 Å². The number of ether oxygens (including phenoxy) is 3. The molecule has 0 aromatic carbocycles. The van der Waals surface area contributed by atoms with Crippen molar-refractivity contribution in [2.45, 2.75) is 193 Å². The average molecular weight is 793 g/mol. The molecule has 0 aliphatic carbocycles. The first kappa shape index (κ1) is 50.7. The molecular weight excluding hydrogens is 715 g/mol. The highest BCUT2D eigenvalue weighted by molar-refractivity contribution is 7.46. The third-order valence-electron chi connectivity index (χ3n) is 9.39. The van der Waals surface area contributed by atoms with E-state index in [1.807, 2.05) is 12.2 Å². The van der Waals surface area contributed by atoms with Gasteiger partial charge in [-0.05, 0) is 57.3 Å². The first-order valence-electron chi connectivity index (χ1n) is 21.6. The second-order valence-corrected chi connectivity index (χ2v) is 16.4.